The molecule has 35 heavy (non-hydrogen) atoms. The second-order valence-corrected chi connectivity index (χ2v) is 10.4. The molecule has 0 radical (unpaired) electrons. The number of allylic oxidation sites excluding steroid dienone is 2. The third-order valence-electron chi connectivity index (χ3n) is 4.61. The van der Waals surface area contributed by atoms with Crippen molar-refractivity contribution in [2.24, 2.45) is 4.99 Å². The van der Waals surface area contributed by atoms with Crippen molar-refractivity contribution in [3.63, 3.8) is 0 Å². The Bertz CT molecular complexity index is 882. The predicted molar refractivity (Wildman–Crippen MR) is 145 cm³/mol. The second kappa shape index (κ2) is 16.7. The molecule has 0 bridgehead atoms. The number of ether oxygens (including phenoxy) is 3. The van der Waals surface area contributed by atoms with Gasteiger partial charge in [-0.2, -0.15) is 0 Å². The normalized spacial score (nSPS) is 12.1. The minimum Gasteiger partial charge on any atom is -0.466 e. The number of carbonyl (C=O) groups is 1. The fraction of sp³-hybridized carbons (Fsp3) is 0.520. The van der Waals surface area contributed by atoms with E-state index in [1.54, 1.807) is 19.2 Å². The highest BCUT2D eigenvalue weighted by molar-refractivity contribution is 7.47. The molecule has 0 amide bonds. The topological polar surface area (TPSA) is 72.8 Å². The van der Waals surface area contributed by atoms with Crippen LogP contribution in [-0.2, 0) is 15.9 Å². The molecule has 0 N–H and O–H groups in total. The van der Waals surface area contributed by atoms with Crippen LogP contribution in [0.2, 0.25) is 5.02 Å². The number of aliphatic imine (C=N–C) groups is 1. The average Bonchev–Trinajstić information content (AvgIpc) is 2.81. The number of esters is 1. The molecule has 196 valence electrons. The molecule has 0 aromatic heterocycles. The molecule has 0 aliphatic heterocycles. The number of halogens is 1. The van der Waals surface area contributed by atoms with Gasteiger partial charge in [0.15, 0.2) is 6.79 Å². The highest BCUT2D eigenvalue weighted by Crippen LogP contribution is 2.47. The molecule has 0 aliphatic carbocycles. The Morgan fingerprint density at radius 1 is 1.20 bits per heavy atom. The lowest BCUT2D eigenvalue weighted by molar-refractivity contribution is 0.0223. The number of benzene rings is 1. The molecule has 0 unspecified atom stereocenters. The van der Waals surface area contributed by atoms with E-state index in [1.807, 2.05) is 63.5 Å². The zero-order valence-corrected chi connectivity index (χ0v) is 23.6. The van der Waals surface area contributed by atoms with Crippen molar-refractivity contribution in [2.45, 2.75) is 33.1 Å². The minimum absolute atomic E-state index is 0.0127. The fourth-order valence-electron chi connectivity index (χ4n) is 2.98. The maximum atomic E-state index is 13.4. The molecule has 1 aromatic carbocycles. The lowest BCUT2D eigenvalue weighted by Gasteiger charge is -2.30. The average molecular weight is 528 g/mol. The first-order valence-corrected chi connectivity index (χ1v) is 13.0. The Labute approximate surface area is 216 Å². The summed E-state index contributed by atoms with van der Waals surface area (Å²) in [5.41, 5.74) is 1.53. The van der Waals surface area contributed by atoms with Crippen molar-refractivity contribution in [3.05, 3.63) is 47.0 Å². The first kappa shape index (κ1) is 31.1. The van der Waals surface area contributed by atoms with Crippen LogP contribution in [0.5, 0.6) is 11.5 Å². The first-order valence-electron chi connectivity index (χ1n) is 11.5. The van der Waals surface area contributed by atoms with Crippen molar-refractivity contribution in [3.8, 4) is 11.5 Å². The summed E-state index contributed by atoms with van der Waals surface area (Å²) in [7, 11) is 8.12. The Kier molecular flexibility index (Phi) is 14.8. The second-order valence-electron chi connectivity index (χ2n) is 7.75. The van der Waals surface area contributed by atoms with Crippen LogP contribution in [0.25, 0.3) is 0 Å². The number of carbonyl (C=O) groups excluding carboxylic acids is 1. The summed E-state index contributed by atoms with van der Waals surface area (Å²) in [6.45, 7) is 8.30. The Hall–Kier alpha value is -1.96. The van der Waals surface area contributed by atoms with Gasteiger partial charge >= 0.3 is 5.97 Å². The molecule has 8 nitrogen and oxygen atoms in total. The summed E-state index contributed by atoms with van der Waals surface area (Å²) in [6, 6.07) is 1.63. The molecule has 0 aliphatic rings. The summed E-state index contributed by atoms with van der Waals surface area (Å²) >= 11 is 6.81. The van der Waals surface area contributed by atoms with E-state index in [2.05, 4.69) is 11.6 Å². The number of rotatable bonds is 16. The minimum atomic E-state index is -1.23. The zero-order valence-electron chi connectivity index (χ0n) is 22.0. The van der Waals surface area contributed by atoms with Crippen molar-refractivity contribution in [1.82, 2.24) is 9.34 Å². The number of hydrogen-bond donors (Lipinski definition) is 0. The van der Waals surface area contributed by atoms with Gasteiger partial charge in [-0.1, -0.05) is 30.7 Å². The van der Waals surface area contributed by atoms with E-state index in [0.29, 0.717) is 36.5 Å². The van der Waals surface area contributed by atoms with Gasteiger partial charge in [0, 0.05) is 31.9 Å². The lowest BCUT2D eigenvalue weighted by atomic mass is 9.99. The lowest BCUT2D eigenvalue weighted by Crippen LogP contribution is -2.22. The SMILES string of the molecule is C=CCCOC(=O)c1c(OP(N(C)C)N(C)C)cc(OCOCC)c(Cl)c1CC(/C=C/CC)=NC. The van der Waals surface area contributed by atoms with Gasteiger partial charge in [-0.05, 0) is 59.6 Å². The van der Waals surface area contributed by atoms with E-state index in [0.717, 1.165) is 12.1 Å². The van der Waals surface area contributed by atoms with Gasteiger partial charge in [0.05, 0.1) is 11.6 Å². The zero-order chi connectivity index (χ0) is 26.4. The monoisotopic (exact) mass is 527 g/mol. The molecule has 1 rings (SSSR count). The Balaban J connectivity index is 3.75. The maximum Gasteiger partial charge on any atom is 0.342 e. The highest BCUT2D eigenvalue weighted by Gasteiger charge is 2.29. The number of hydrogen-bond acceptors (Lipinski definition) is 8. The van der Waals surface area contributed by atoms with Crippen molar-refractivity contribution >= 4 is 31.7 Å². The van der Waals surface area contributed by atoms with E-state index in [1.165, 1.54) is 0 Å². The Morgan fingerprint density at radius 3 is 2.43 bits per heavy atom. The van der Waals surface area contributed by atoms with Gasteiger partial charge < -0.3 is 18.7 Å². The van der Waals surface area contributed by atoms with Crippen LogP contribution in [0.3, 0.4) is 0 Å². The van der Waals surface area contributed by atoms with Crippen molar-refractivity contribution in [1.29, 1.82) is 0 Å². The van der Waals surface area contributed by atoms with E-state index in [-0.39, 0.29) is 24.0 Å². The Morgan fingerprint density at radius 2 is 1.89 bits per heavy atom. The summed E-state index contributed by atoms with van der Waals surface area (Å²) in [5.74, 6) is 0.149. The maximum absolute atomic E-state index is 13.4. The van der Waals surface area contributed by atoms with Crippen LogP contribution in [0, 0.1) is 0 Å². The highest BCUT2D eigenvalue weighted by atomic mass is 35.5. The van der Waals surface area contributed by atoms with Gasteiger partial charge in [-0.25, -0.2) is 14.1 Å². The van der Waals surface area contributed by atoms with Crippen LogP contribution in [0.15, 0.2) is 35.9 Å². The molecule has 1 aromatic rings. The molecule has 0 heterocycles. The van der Waals surface area contributed by atoms with Crippen LogP contribution < -0.4 is 9.26 Å². The smallest absolute Gasteiger partial charge is 0.342 e. The molecule has 0 saturated carbocycles. The first-order chi connectivity index (χ1) is 16.7. The summed E-state index contributed by atoms with van der Waals surface area (Å²) in [4.78, 5) is 17.7. The van der Waals surface area contributed by atoms with Gasteiger partial charge in [0.1, 0.15) is 17.1 Å². The van der Waals surface area contributed by atoms with Crippen LogP contribution >= 0.6 is 20.1 Å². The summed E-state index contributed by atoms with van der Waals surface area (Å²) in [5, 5.41) is 0.290. The summed E-state index contributed by atoms with van der Waals surface area (Å²) < 4.78 is 27.0. The fourth-order valence-corrected chi connectivity index (χ4v) is 4.61. The molecule has 0 saturated heterocycles. The number of nitrogens with zero attached hydrogens (tertiary/aromatic N) is 3. The van der Waals surface area contributed by atoms with E-state index < -0.39 is 14.4 Å². The van der Waals surface area contributed by atoms with Gasteiger partial charge in [0.25, 0.3) is 0 Å². The van der Waals surface area contributed by atoms with Gasteiger partial charge in [-0.15, -0.1) is 6.58 Å². The van der Waals surface area contributed by atoms with Gasteiger partial charge in [-0.3, -0.25) is 4.99 Å². The summed E-state index contributed by atoms with van der Waals surface area (Å²) in [6.07, 6.45) is 7.29. The van der Waals surface area contributed by atoms with Crippen LogP contribution in [-0.4, -0.2) is 76.3 Å². The molecule has 10 heteroatoms. The standard InChI is InChI=1S/C25H39ClN3O5P/c1-9-12-14-19(27-4)16-20-23(25(30)32-15-13-10-2)21(34-35(28(5)6)29(7)8)17-22(24(20)26)33-18-31-11-3/h10,12,14,17H,2,9,11,13,15-16,18H2,1,3-8H3/b14-12+,27-19?. The molecular formula is C25H39ClN3O5P. The van der Waals surface area contributed by atoms with Crippen LogP contribution in [0.4, 0.5) is 0 Å². The molecular weight excluding hydrogens is 489 g/mol. The quantitative estimate of drug-likeness (QED) is 0.0676. The van der Waals surface area contributed by atoms with Gasteiger partial charge in [0.2, 0.25) is 8.45 Å². The molecule has 0 atom stereocenters. The third kappa shape index (κ3) is 9.90. The van der Waals surface area contributed by atoms with Crippen molar-refractivity contribution in [2.75, 3.05) is 55.2 Å². The van der Waals surface area contributed by atoms with Crippen LogP contribution in [0.1, 0.15) is 42.6 Å². The predicted octanol–water partition coefficient (Wildman–Crippen LogP) is 5.75. The van der Waals surface area contributed by atoms with E-state index >= 15 is 0 Å². The van der Waals surface area contributed by atoms with E-state index in [4.69, 9.17) is 30.3 Å². The molecule has 0 spiro atoms. The molecule has 0 fully saturated rings. The van der Waals surface area contributed by atoms with E-state index in [9.17, 15) is 4.79 Å². The van der Waals surface area contributed by atoms with Crippen molar-refractivity contribution < 1.29 is 23.5 Å². The largest absolute Gasteiger partial charge is 0.466 e. The third-order valence-corrected chi connectivity index (χ3v) is 6.75.